The number of hydrogen-bond donors (Lipinski definition) is 0. The lowest BCUT2D eigenvalue weighted by Gasteiger charge is -2.36. The summed E-state index contributed by atoms with van der Waals surface area (Å²) in [5.41, 5.74) is 2.81. The van der Waals surface area contributed by atoms with Crippen LogP contribution >= 0.6 is 0 Å². The van der Waals surface area contributed by atoms with Gasteiger partial charge in [-0.2, -0.15) is 5.26 Å². The SMILES string of the molecule is COC[C@@H](C)OC(=O)[C@@H](C#N)c1nc2ccccc2nc1N1CCN(Cc2ccc3c(c2)OCO3)CC1. The summed E-state index contributed by atoms with van der Waals surface area (Å²) in [6, 6.07) is 15.6. The minimum absolute atomic E-state index is 0.242. The van der Waals surface area contributed by atoms with E-state index in [4.69, 9.17) is 28.9 Å². The Bertz CT molecular complexity index is 1320. The van der Waals surface area contributed by atoms with Crippen molar-refractivity contribution < 1.29 is 23.7 Å². The fourth-order valence-corrected chi connectivity index (χ4v) is 4.61. The van der Waals surface area contributed by atoms with Crippen LogP contribution in [0, 0.1) is 11.3 Å². The fraction of sp³-hybridized carbons (Fsp3) is 0.407. The second-order valence-electron chi connectivity index (χ2n) is 9.14. The molecule has 1 aromatic heterocycles. The molecule has 0 N–H and O–H groups in total. The zero-order valence-electron chi connectivity index (χ0n) is 20.9. The molecule has 0 radical (unpaired) electrons. The predicted molar refractivity (Wildman–Crippen MR) is 135 cm³/mol. The zero-order valence-corrected chi connectivity index (χ0v) is 20.9. The molecule has 0 saturated carbocycles. The van der Waals surface area contributed by atoms with Gasteiger partial charge in [-0.15, -0.1) is 0 Å². The Morgan fingerprint density at radius 2 is 1.81 bits per heavy atom. The number of esters is 1. The van der Waals surface area contributed by atoms with Gasteiger partial charge in [-0.05, 0) is 36.8 Å². The molecule has 10 nitrogen and oxygen atoms in total. The molecule has 2 atom stereocenters. The van der Waals surface area contributed by atoms with E-state index in [2.05, 4.69) is 21.9 Å². The number of carbonyl (C=O) groups excluding carboxylic acids is 1. The van der Waals surface area contributed by atoms with E-state index in [1.807, 2.05) is 36.4 Å². The maximum atomic E-state index is 13.0. The van der Waals surface area contributed by atoms with Crippen molar-refractivity contribution in [3.63, 3.8) is 0 Å². The Morgan fingerprint density at radius 3 is 2.54 bits per heavy atom. The molecular weight excluding hydrogens is 474 g/mol. The first kappa shape index (κ1) is 24.7. The summed E-state index contributed by atoms with van der Waals surface area (Å²) in [6.45, 7) is 5.94. The molecule has 3 heterocycles. The standard InChI is InChI=1S/C27H29N5O5/c1-18(16-34-2)37-27(33)20(14-28)25-26(30-22-6-4-3-5-21(22)29-25)32-11-9-31(10-12-32)15-19-7-8-23-24(13-19)36-17-35-23/h3-8,13,18,20H,9-12,15-17H2,1-2H3/t18-,20+/m1/s1. The second kappa shape index (κ2) is 11.0. The Labute approximate surface area is 215 Å². The third-order valence-electron chi connectivity index (χ3n) is 6.45. The minimum Gasteiger partial charge on any atom is -0.459 e. The van der Waals surface area contributed by atoms with Crippen LogP contribution in [0.3, 0.4) is 0 Å². The number of ether oxygens (including phenoxy) is 4. The van der Waals surface area contributed by atoms with Crippen molar-refractivity contribution in [2.24, 2.45) is 0 Å². The van der Waals surface area contributed by atoms with E-state index in [9.17, 15) is 10.1 Å². The van der Waals surface area contributed by atoms with Crippen LogP contribution in [0.15, 0.2) is 42.5 Å². The average molecular weight is 504 g/mol. The van der Waals surface area contributed by atoms with Gasteiger partial charge in [-0.25, -0.2) is 9.97 Å². The summed E-state index contributed by atoms with van der Waals surface area (Å²) in [5, 5.41) is 9.96. The number of carbonyl (C=O) groups is 1. The highest BCUT2D eigenvalue weighted by atomic mass is 16.7. The minimum atomic E-state index is -1.20. The average Bonchev–Trinajstić information content (AvgIpc) is 3.37. The number of anilines is 1. The Kier molecular flexibility index (Phi) is 7.35. The van der Waals surface area contributed by atoms with Gasteiger partial charge < -0.3 is 23.8 Å². The highest BCUT2D eigenvalue weighted by molar-refractivity contribution is 5.85. The van der Waals surface area contributed by atoms with Gasteiger partial charge >= 0.3 is 5.97 Å². The largest absolute Gasteiger partial charge is 0.459 e. The van der Waals surface area contributed by atoms with Gasteiger partial charge in [0, 0.05) is 39.8 Å². The first-order valence-corrected chi connectivity index (χ1v) is 12.3. The van der Waals surface area contributed by atoms with E-state index in [-0.39, 0.29) is 13.4 Å². The molecule has 0 aliphatic carbocycles. The first-order valence-electron chi connectivity index (χ1n) is 12.3. The molecule has 0 bridgehead atoms. The third-order valence-corrected chi connectivity index (χ3v) is 6.45. The summed E-state index contributed by atoms with van der Waals surface area (Å²) in [6.07, 6.45) is -0.482. The lowest BCUT2D eigenvalue weighted by molar-refractivity contribution is -0.150. The van der Waals surface area contributed by atoms with Crippen molar-refractivity contribution in [2.45, 2.75) is 25.5 Å². The molecule has 0 unspecified atom stereocenters. The van der Waals surface area contributed by atoms with E-state index >= 15 is 0 Å². The van der Waals surface area contributed by atoms with Crippen molar-refractivity contribution in [1.29, 1.82) is 5.26 Å². The van der Waals surface area contributed by atoms with Crippen LogP contribution < -0.4 is 14.4 Å². The summed E-state index contributed by atoms with van der Waals surface area (Å²) in [4.78, 5) is 27.0. The number of methoxy groups -OCH3 is 1. The molecule has 1 saturated heterocycles. The zero-order chi connectivity index (χ0) is 25.8. The molecule has 192 valence electrons. The summed E-state index contributed by atoms with van der Waals surface area (Å²) in [5.74, 6) is 0.251. The molecule has 37 heavy (non-hydrogen) atoms. The molecule has 2 aliphatic heterocycles. The van der Waals surface area contributed by atoms with E-state index < -0.39 is 18.0 Å². The number of fused-ring (bicyclic) bond motifs is 2. The molecule has 2 aliphatic rings. The van der Waals surface area contributed by atoms with Crippen LogP contribution in [0.2, 0.25) is 0 Å². The van der Waals surface area contributed by atoms with Crippen LogP contribution in [-0.2, 0) is 20.8 Å². The summed E-state index contributed by atoms with van der Waals surface area (Å²) < 4.78 is 21.4. The van der Waals surface area contributed by atoms with Gasteiger partial charge in [-0.3, -0.25) is 9.69 Å². The van der Waals surface area contributed by atoms with E-state index in [0.717, 1.165) is 36.7 Å². The predicted octanol–water partition coefficient (Wildman–Crippen LogP) is 2.87. The van der Waals surface area contributed by atoms with Crippen LogP contribution in [-0.4, -0.2) is 73.6 Å². The molecule has 1 fully saturated rings. The van der Waals surface area contributed by atoms with Crippen molar-refractivity contribution in [2.75, 3.05) is 51.6 Å². The molecule has 10 heteroatoms. The number of rotatable bonds is 8. The van der Waals surface area contributed by atoms with Crippen LogP contribution in [0.25, 0.3) is 11.0 Å². The van der Waals surface area contributed by atoms with Crippen LogP contribution in [0.1, 0.15) is 24.1 Å². The van der Waals surface area contributed by atoms with Crippen molar-refractivity contribution in [3.05, 3.63) is 53.7 Å². The van der Waals surface area contributed by atoms with Crippen molar-refractivity contribution in [3.8, 4) is 17.6 Å². The fourth-order valence-electron chi connectivity index (χ4n) is 4.61. The maximum Gasteiger partial charge on any atom is 0.330 e. The highest BCUT2D eigenvalue weighted by Crippen LogP contribution is 2.33. The highest BCUT2D eigenvalue weighted by Gasteiger charge is 2.32. The molecule has 0 spiro atoms. The topological polar surface area (TPSA) is 110 Å². The van der Waals surface area contributed by atoms with Gasteiger partial charge in [0.2, 0.25) is 6.79 Å². The molecule has 0 amide bonds. The number of aromatic nitrogens is 2. The normalized spacial score (nSPS) is 16.8. The van der Waals surface area contributed by atoms with Gasteiger partial charge in [0.05, 0.1) is 23.7 Å². The quantitative estimate of drug-likeness (QED) is 0.426. The van der Waals surface area contributed by atoms with Gasteiger partial charge in [0.15, 0.2) is 23.2 Å². The lowest BCUT2D eigenvalue weighted by Crippen LogP contribution is -2.46. The van der Waals surface area contributed by atoms with Crippen molar-refractivity contribution in [1.82, 2.24) is 14.9 Å². The van der Waals surface area contributed by atoms with Gasteiger partial charge in [0.1, 0.15) is 11.8 Å². The van der Waals surface area contributed by atoms with E-state index in [0.29, 0.717) is 35.6 Å². The first-order chi connectivity index (χ1) is 18.1. The molecule has 5 rings (SSSR count). The number of piperazine rings is 1. The van der Waals surface area contributed by atoms with Crippen molar-refractivity contribution >= 4 is 22.8 Å². The number of nitrogens with zero attached hydrogens (tertiary/aromatic N) is 5. The molecule has 2 aromatic carbocycles. The van der Waals surface area contributed by atoms with Gasteiger partial charge in [-0.1, -0.05) is 18.2 Å². The molecular formula is C27H29N5O5. The third kappa shape index (κ3) is 5.43. The second-order valence-corrected chi connectivity index (χ2v) is 9.14. The van der Waals surface area contributed by atoms with Gasteiger partial charge in [0.25, 0.3) is 0 Å². The van der Waals surface area contributed by atoms with Crippen LogP contribution in [0.5, 0.6) is 11.5 Å². The smallest absolute Gasteiger partial charge is 0.330 e. The van der Waals surface area contributed by atoms with E-state index in [1.54, 1.807) is 6.92 Å². The Morgan fingerprint density at radius 1 is 1.08 bits per heavy atom. The lowest BCUT2D eigenvalue weighted by atomic mass is 10.1. The number of para-hydroxylation sites is 2. The van der Waals surface area contributed by atoms with Crippen LogP contribution in [0.4, 0.5) is 5.82 Å². The molecule has 3 aromatic rings. The summed E-state index contributed by atoms with van der Waals surface area (Å²) >= 11 is 0. The van der Waals surface area contributed by atoms with E-state index in [1.165, 1.54) is 7.11 Å². The number of hydrogen-bond acceptors (Lipinski definition) is 10. The maximum absolute atomic E-state index is 13.0. The number of nitriles is 1. The Balaban J connectivity index is 1.35. The Hall–Kier alpha value is -3.94. The monoisotopic (exact) mass is 503 g/mol. The number of benzene rings is 2. The summed E-state index contributed by atoms with van der Waals surface area (Å²) in [7, 11) is 1.53.